The van der Waals surface area contributed by atoms with Crippen molar-refractivity contribution in [2.24, 2.45) is 11.0 Å². The van der Waals surface area contributed by atoms with Crippen LogP contribution in [0.2, 0.25) is 0 Å². The molecule has 0 radical (unpaired) electrons. The summed E-state index contributed by atoms with van der Waals surface area (Å²) in [5, 5.41) is 4.35. The summed E-state index contributed by atoms with van der Waals surface area (Å²) in [4.78, 5) is 14.3. The molecule has 0 aromatic heterocycles. The molecule has 0 unspecified atom stereocenters. The Hall–Kier alpha value is -1.84. The number of carbonyl (C=O) groups excluding carboxylic acids is 1. The highest BCUT2D eigenvalue weighted by molar-refractivity contribution is 5.88. The van der Waals surface area contributed by atoms with Gasteiger partial charge in [0, 0.05) is 17.9 Å². The number of rotatable bonds is 3. The van der Waals surface area contributed by atoms with Gasteiger partial charge in [-0.3, -0.25) is 4.79 Å². The number of hydrogen-bond donors (Lipinski definition) is 1. The molecule has 1 saturated carbocycles. The number of aryl methyl sites for hydroxylation is 1. The van der Waals surface area contributed by atoms with Crippen LogP contribution in [0, 0.1) is 5.92 Å². The Morgan fingerprint density at radius 1 is 1.32 bits per heavy atom. The smallest absolute Gasteiger partial charge is 0.259 e. The van der Waals surface area contributed by atoms with Crippen LogP contribution in [0.25, 0.3) is 0 Å². The Bertz CT molecular complexity index is 567. The van der Waals surface area contributed by atoms with Crippen molar-refractivity contribution >= 4 is 17.3 Å². The number of amides is 1. The van der Waals surface area contributed by atoms with E-state index in [4.69, 9.17) is 0 Å². The number of para-hydroxylation sites is 1. The van der Waals surface area contributed by atoms with Crippen molar-refractivity contribution < 1.29 is 4.79 Å². The molecule has 0 bridgehead atoms. The first-order chi connectivity index (χ1) is 10.7. The zero-order valence-electron chi connectivity index (χ0n) is 13.3. The van der Waals surface area contributed by atoms with Gasteiger partial charge in [-0.25, -0.2) is 5.43 Å². The monoisotopic (exact) mass is 299 g/mol. The average molecular weight is 299 g/mol. The lowest BCUT2D eigenvalue weighted by Gasteiger charge is -2.30. The summed E-state index contributed by atoms with van der Waals surface area (Å²) in [5.74, 6) is 0.681. The van der Waals surface area contributed by atoms with Crippen molar-refractivity contribution in [1.29, 1.82) is 0 Å². The molecule has 1 N–H and O–H groups in total. The molecular formula is C18H25N3O. The third-order valence-corrected chi connectivity index (χ3v) is 4.63. The molecule has 4 heteroatoms. The number of anilines is 1. The standard InChI is InChI=1S/C18H25N3O/c1-14-6-4-9-16(12-14)19-20-18(22)13-21-11-5-8-15-7-2-3-10-17(15)21/h2-3,7,10,14H,4-6,8-9,11-13H2,1H3,(H,20,22)/b19-16-/t14-/m0/s1. The van der Waals surface area contributed by atoms with Crippen LogP contribution in [0.1, 0.15) is 44.6 Å². The number of nitrogens with one attached hydrogen (secondary N) is 1. The van der Waals surface area contributed by atoms with E-state index in [2.05, 4.69) is 40.5 Å². The van der Waals surface area contributed by atoms with Crippen LogP contribution in [0.15, 0.2) is 29.4 Å². The Morgan fingerprint density at radius 2 is 2.18 bits per heavy atom. The van der Waals surface area contributed by atoms with Gasteiger partial charge in [-0.05, 0) is 56.1 Å². The van der Waals surface area contributed by atoms with Gasteiger partial charge in [0.15, 0.2) is 0 Å². The third kappa shape index (κ3) is 3.67. The number of benzene rings is 1. The lowest BCUT2D eigenvalue weighted by Crippen LogP contribution is -2.38. The molecule has 22 heavy (non-hydrogen) atoms. The van der Waals surface area contributed by atoms with Gasteiger partial charge in [0.2, 0.25) is 0 Å². The van der Waals surface area contributed by atoms with E-state index in [1.54, 1.807) is 0 Å². The highest BCUT2D eigenvalue weighted by atomic mass is 16.2. The van der Waals surface area contributed by atoms with Crippen LogP contribution < -0.4 is 10.3 Å². The quantitative estimate of drug-likeness (QED) is 0.872. The summed E-state index contributed by atoms with van der Waals surface area (Å²) in [5.41, 5.74) is 6.44. The van der Waals surface area contributed by atoms with E-state index >= 15 is 0 Å². The zero-order chi connectivity index (χ0) is 15.4. The molecular weight excluding hydrogens is 274 g/mol. The van der Waals surface area contributed by atoms with Crippen molar-refractivity contribution in [3.8, 4) is 0 Å². The molecule has 1 aromatic carbocycles. The van der Waals surface area contributed by atoms with Crippen molar-refractivity contribution in [3.63, 3.8) is 0 Å². The summed E-state index contributed by atoms with van der Waals surface area (Å²) < 4.78 is 0. The maximum Gasteiger partial charge on any atom is 0.259 e. The molecule has 4 nitrogen and oxygen atoms in total. The zero-order valence-corrected chi connectivity index (χ0v) is 13.3. The minimum Gasteiger partial charge on any atom is -0.362 e. The molecule has 1 aliphatic carbocycles. The molecule has 2 aliphatic rings. The van der Waals surface area contributed by atoms with Crippen LogP contribution in [0.3, 0.4) is 0 Å². The van der Waals surface area contributed by atoms with Crippen LogP contribution in [0.4, 0.5) is 5.69 Å². The minimum atomic E-state index is -0.0116. The van der Waals surface area contributed by atoms with E-state index in [0.717, 1.165) is 37.9 Å². The Kier molecular flexibility index (Phi) is 4.76. The summed E-state index contributed by atoms with van der Waals surface area (Å²) in [7, 11) is 0. The average Bonchev–Trinajstić information content (AvgIpc) is 2.53. The first-order valence-electron chi connectivity index (χ1n) is 8.39. The van der Waals surface area contributed by atoms with Crippen LogP contribution in [-0.2, 0) is 11.2 Å². The second-order valence-corrected chi connectivity index (χ2v) is 6.57. The highest BCUT2D eigenvalue weighted by Crippen LogP contribution is 2.26. The number of fused-ring (bicyclic) bond motifs is 1. The molecule has 1 atom stereocenters. The van der Waals surface area contributed by atoms with Gasteiger partial charge in [0.1, 0.15) is 0 Å². The fourth-order valence-electron chi connectivity index (χ4n) is 3.49. The Labute approximate surface area is 132 Å². The van der Waals surface area contributed by atoms with Crippen LogP contribution in [-0.4, -0.2) is 24.7 Å². The topological polar surface area (TPSA) is 44.7 Å². The van der Waals surface area contributed by atoms with Crippen molar-refractivity contribution in [2.45, 2.75) is 45.4 Å². The largest absolute Gasteiger partial charge is 0.362 e. The molecule has 1 amide bonds. The van der Waals surface area contributed by atoms with Crippen molar-refractivity contribution in [2.75, 3.05) is 18.0 Å². The van der Waals surface area contributed by atoms with Gasteiger partial charge in [-0.1, -0.05) is 25.1 Å². The van der Waals surface area contributed by atoms with Crippen molar-refractivity contribution in [1.82, 2.24) is 5.43 Å². The van der Waals surface area contributed by atoms with Crippen molar-refractivity contribution in [3.05, 3.63) is 29.8 Å². The van der Waals surface area contributed by atoms with E-state index in [-0.39, 0.29) is 5.91 Å². The first kappa shape index (κ1) is 15.1. The summed E-state index contributed by atoms with van der Waals surface area (Å²) >= 11 is 0. The normalized spacial score (nSPS) is 23.2. The summed E-state index contributed by atoms with van der Waals surface area (Å²) in [6.45, 7) is 3.59. The second kappa shape index (κ2) is 6.95. The third-order valence-electron chi connectivity index (χ3n) is 4.63. The highest BCUT2D eigenvalue weighted by Gasteiger charge is 2.19. The number of hydrazone groups is 1. The lowest BCUT2D eigenvalue weighted by molar-refractivity contribution is -0.119. The van der Waals surface area contributed by atoms with E-state index in [1.165, 1.54) is 24.1 Å². The molecule has 0 spiro atoms. The molecule has 1 heterocycles. The fourth-order valence-corrected chi connectivity index (χ4v) is 3.49. The fraction of sp³-hybridized carbons (Fsp3) is 0.556. The SMILES string of the molecule is C[C@H]1CCC/C(=N/NC(=O)CN2CCCc3ccccc32)C1. The maximum atomic E-state index is 12.2. The van der Waals surface area contributed by atoms with Crippen LogP contribution in [0.5, 0.6) is 0 Å². The minimum absolute atomic E-state index is 0.0116. The van der Waals surface area contributed by atoms with Gasteiger partial charge in [0.05, 0.1) is 6.54 Å². The molecule has 1 fully saturated rings. The summed E-state index contributed by atoms with van der Waals surface area (Å²) in [6.07, 6.45) is 6.72. The Balaban J connectivity index is 1.57. The van der Waals surface area contributed by atoms with Crippen LogP contribution >= 0.6 is 0 Å². The molecule has 1 aromatic rings. The molecule has 118 valence electrons. The number of hydrogen-bond acceptors (Lipinski definition) is 3. The van der Waals surface area contributed by atoms with Gasteiger partial charge in [0.25, 0.3) is 5.91 Å². The number of carbonyl (C=O) groups is 1. The van der Waals surface area contributed by atoms with E-state index in [1.807, 2.05) is 6.07 Å². The molecule has 1 aliphatic heterocycles. The Morgan fingerprint density at radius 3 is 3.05 bits per heavy atom. The second-order valence-electron chi connectivity index (χ2n) is 6.57. The van der Waals surface area contributed by atoms with E-state index in [9.17, 15) is 4.79 Å². The van der Waals surface area contributed by atoms with E-state index < -0.39 is 0 Å². The predicted octanol–water partition coefficient (Wildman–Crippen LogP) is 3.12. The molecule has 0 saturated heterocycles. The predicted molar refractivity (Wildman–Crippen MR) is 90.2 cm³/mol. The lowest BCUT2D eigenvalue weighted by atomic mass is 9.89. The first-order valence-corrected chi connectivity index (χ1v) is 8.39. The van der Waals surface area contributed by atoms with Gasteiger partial charge in [-0.15, -0.1) is 0 Å². The van der Waals surface area contributed by atoms with E-state index in [0.29, 0.717) is 12.5 Å². The summed E-state index contributed by atoms with van der Waals surface area (Å²) in [6, 6.07) is 8.37. The van der Waals surface area contributed by atoms with Gasteiger partial charge < -0.3 is 4.90 Å². The molecule has 3 rings (SSSR count). The maximum absolute atomic E-state index is 12.2. The van der Waals surface area contributed by atoms with Gasteiger partial charge in [-0.2, -0.15) is 5.10 Å². The number of nitrogens with zero attached hydrogens (tertiary/aromatic N) is 2. The van der Waals surface area contributed by atoms with Gasteiger partial charge >= 0.3 is 0 Å².